The fraction of sp³-hybridized carbons (Fsp3) is 0.591. The third kappa shape index (κ3) is 4.01. The summed E-state index contributed by atoms with van der Waals surface area (Å²) in [6.07, 6.45) is 1.78. The van der Waals surface area contributed by atoms with Crippen molar-refractivity contribution in [2.75, 3.05) is 13.1 Å². The van der Waals surface area contributed by atoms with E-state index in [4.69, 9.17) is 4.74 Å². The normalized spacial score (nSPS) is 27.9. The Kier molecular flexibility index (Phi) is 5.34. The molecule has 1 N–H and O–H groups in total. The molecule has 3 heterocycles. The Morgan fingerprint density at radius 1 is 1.17 bits per heavy atom. The Morgan fingerprint density at radius 3 is 2.69 bits per heavy atom. The van der Waals surface area contributed by atoms with E-state index in [1.54, 1.807) is 11.0 Å². The molecule has 29 heavy (non-hydrogen) atoms. The first-order chi connectivity index (χ1) is 13.8. The predicted octanol–water partition coefficient (Wildman–Crippen LogP) is 1.95. The minimum atomic E-state index is -0.587. The van der Waals surface area contributed by atoms with E-state index in [1.165, 1.54) is 0 Å². The van der Waals surface area contributed by atoms with Crippen molar-refractivity contribution in [3.8, 4) is 5.75 Å². The highest BCUT2D eigenvalue weighted by Crippen LogP contribution is 2.31. The van der Waals surface area contributed by atoms with Crippen LogP contribution in [0.4, 0.5) is 0 Å². The number of fused-ring (bicyclic) bond motifs is 1. The molecule has 0 aromatic heterocycles. The third-order valence-corrected chi connectivity index (χ3v) is 6.18. The Bertz CT molecular complexity index is 837. The molecule has 0 aliphatic carbocycles. The molecular formula is C22H29N3O4. The molecule has 0 saturated carbocycles. The lowest BCUT2D eigenvalue weighted by atomic mass is 9.96. The van der Waals surface area contributed by atoms with Gasteiger partial charge in [-0.1, -0.05) is 6.92 Å². The van der Waals surface area contributed by atoms with Crippen LogP contribution in [-0.2, 0) is 16.1 Å². The molecule has 2 fully saturated rings. The monoisotopic (exact) mass is 399 g/mol. The van der Waals surface area contributed by atoms with E-state index in [0.29, 0.717) is 30.5 Å². The van der Waals surface area contributed by atoms with Gasteiger partial charge in [0.1, 0.15) is 17.9 Å². The average Bonchev–Trinajstić information content (AvgIpc) is 2.97. The summed E-state index contributed by atoms with van der Waals surface area (Å²) in [5, 5.41) is 2.34. The topological polar surface area (TPSA) is 79.0 Å². The summed E-state index contributed by atoms with van der Waals surface area (Å²) in [4.78, 5) is 40.4. The van der Waals surface area contributed by atoms with Crippen LogP contribution in [0.25, 0.3) is 0 Å². The van der Waals surface area contributed by atoms with E-state index in [1.807, 2.05) is 12.1 Å². The lowest BCUT2D eigenvalue weighted by Crippen LogP contribution is -2.52. The van der Waals surface area contributed by atoms with Gasteiger partial charge in [-0.2, -0.15) is 0 Å². The van der Waals surface area contributed by atoms with E-state index in [2.05, 4.69) is 31.0 Å². The van der Waals surface area contributed by atoms with Crippen LogP contribution >= 0.6 is 0 Å². The zero-order chi connectivity index (χ0) is 20.7. The maximum Gasteiger partial charge on any atom is 0.255 e. The van der Waals surface area contributed by atoms with Crippen molar-refractivity contribution >= 4 is 17.7 Å². The van der Waals surface area contributed by atoms with E-state index in [0.717, 1.165) is 30.8 Å². The number of carbonyl (C=O) groups excluding carboxylic acids is 3. The molecule has 156 valence electrons. The number of amides is 3. The summed E-state index contributed by atoms with van der Waals surface area (Å²) in [5.74, 6) is 0.532. The highest BCUT2D eigenvalue weighted by Gasteiger charge is 2.39. The van der Waals surface area contributed by atoms with Crippen LogP contribution in [-0.4, -0.2) is 58.8 Å². The van der Waals surface area contributed by atoms with Crippen molar-refractivity contribution < 1.29 is 19.1 Å². The second kappa shape index (κ2) is 7.78. The molecule has 3 aliphatic rings. The van der Waals surface area contributed by atoms with Crippen LogP contribution in [0.15, 0.2) is 18.2 Å². The molecule has 0 radical (unpaired) electrons. The molecule has 7 nitrogen and oxygen atoms in total. The molecule has 7 heteroatoms. The predicted molar refractivity (Wildman–Crippen MR) is 107 cm³/mol. The number of carbonyl (C=O) groups is 3. The van der Waals surface area contributed by atoms with Crippen LogP contribution in [0.3, 0.4) is 0 Å². The number of hydrogen-bond acceptors (Lipinski definition) is 5. The first-order valence-electron chi connectivity index (χ1n) is 10.5. The van der Waals surface area contributed by atoms with Gasteiger partial charge in [0.2, 0.25) is 11.8 Å². The van der Waals surface area contributed by atoms with E-state index in [-0.39, 0.29) is 30.2 Å². The highest BCUT2D eigenvalue weighted by molar-refractivity contribution is 6.05. The van der Waals surface area contributed by atoms with Gasteiger partial charge < -0.3 is 9.64 Å². The van der Waals surface area contributed by atoms with Crippen molar-refractivity contribution in [3.05, 3.63) is 29.3 Å². The van der Waals surface area contributed by atoms with Gasteiger partial charge in [-0.25, -0.2) is 0 Å². The Hall–Kier alpha value is -2.41. The Labute approximate surface area is 171 Å². The summed E-state index contributed by atoms with van der Waals surface area (Å²) in [6.45, 7) is 9.04. The summed E-state index contributed by atoms with van der Waals surface area (Å²) in [6, 6.07) is 5.48. The quantitative estimate of drug-likeness (QED) is 0.783. The lowest BCUT2D eigenvalue weighted by Gasteiger charge is -2.38. The molecule has 1 aromatic carbocycles. The fourth-order valence-electron chi connectivity index (χ4n) is 4.66. The standard InChI is InChI=1S/C22H29N3O4/c1-13(2)24-10-14(3)8-17(12-24)29-16-4-5-18-15(9-16)11-25(22(18)28)19-6-7-20(26)23-21(19)27/h4-5,9,13-14,17,19H,6-8,10-12H2,1-3H3,(H,23,26,27)/t14-,17-,19?/m1/s1. The summed E-state index contributed by atoms with van der Waals surface area (Å²) in [7, 11) is 0. The first kappa shape index (κ1) is 19.9. The van der Waals surface area contributed by atoms with Crippen molar-refractivity contribution in [2.24, 2.45) is 5.92 Å². The fourth-order valence-corrected chi connectivity index (χ4v) is 4.66. The minimum absolute atomic E-state index is 0.127. The van der Waals surface area contributed by atoms with Gasteiger partial charge >= 0.3 is 0 Å². The molecule has 3 aliphatic heterocycles. The van der Waals surface area contributed by atoms with Gasteiger partial charge in [0.25, 0.3) is 5.91 Å². The van der Waals surface area contributed by atoms with Crippen LogP contribution in [0.2, 0.25) is 0 Å². The number of benzene rings is 1. The molecule has 0 bridgehead atoms. The van der Waals surface area contributed by atoms with Crippen molar-refractivity contribution in [1.82, 2.24) is 15.1 Å². The maximum absolute atomic E-state index is 12.8. The van der Waals surface area contributed by atoms with Crippen LogP contribution < -0.4 is 10.1 Å². The Balaban J connectivity index is 1.46. The van der Waals surface area contributed by atoms with Crippen LogP contribution in [0.1, 0.15) is 56.0 Å². The second-order valence-corrected chi connectivity index (χ2v) is 8.85. The highest BCUT2D eigenvalue weighted by atomic mass is 16.5. The molecule has 4 rings (SSSR count). The zero-order valence-corrected chi connectivity index (χ0v) is 17.3. The van der Waals surface area contributed by atoms with Gasteiger partial charge in [-0.3, -0.25) is 24.6 Å². The number of nitrogens with zero attached hydrogens (tertiary/aromatic N) is 2. The zero-order valence-electron chi connectivity index (χ0n) is 17.3. The van der Waals surface area contributed by atoms with Crippen molar-refractivity contribution in [1.29, 1.82) is 0 Å². The smallest absolute Gasteiger partial charge is 0.255 e. The summed E-state index contributed by atoms with van der Waals surface area (Å²) >= 11 is 0. The largest absolute Gasteiger partial charge is 0.489 e. The summed E-state index contributed by atoms with van der Waals surface area (Å²) < 4.78 is 6.29. The Morgan fingerprint density at radius 2 is 1.97 bits per heavy atom. The van der Waals surface area contributed by atoms with Gasteiger partial charge in [-0.15, -0.1) is 0 Å². The first-order valence-corrected chi connectivity index (χ1v) is 10.5. The lowest BCUT2D eigenvalue weighted by molar-refractivity contribution is -0.136. The number of ether oxygens (including phenoxy) is 1. The molecule has 3 amide bonds. The molecule has 0 spiro atoms. The van der Waals surface area contributed by atoms with Gasteiger partial charge in [0.05, 0.1) is 0 Å². The average molecular weight is 399 g/mol. The van der Waals surface area contributed by atoms with Crippen molar-refractivity contribution in [3.63, 3.8) is 0 Å². The number of hydrogen-bond donors (Lipinski definition) is 1. The SMILES string of the molecule is CC(C)N1C[C@H](C)C[C@@H](Oc2ccc3c(c2)CN(C2CCC(=O)NC2=O)C3=O)C1. The van der Waals surface area contributed by atoms with Crippen LogP contribution in [0.5, 0.6) is 5.75 Å². The second-order valence-electron chi connectivity index (χ2n) is 8.85. The van der Waals surface area contributed by atoms with Gasteiger partial charge in [-0.05, 0) is 56.4 Å². The minimum Gasteiger partial charge on any atom is -0.489 e. The molecule has 3 atom stereocenters. The number of piperidine rings is 2. The van der Waals surface area contributed by atoms with Crippen LogP contribution in [0, 0.1) is 5.92 Å². The summed E-state index contributed by atoms with van der Waals surface area (Å²) in [5.41, 5.74) is 1.49. The molecule has 1 aromatic rings. The maximum atomic E-state index is 12.8. The van der Waals surface area contributed by atoms with E-state index in [9.17, 15) is 14.4 Å². The number of rotatable bonds is 4. The van der Waals surface area contributed by atoms with E-state index < -0.39 is 6.04 Å². The van der Waals surface area contributed by atoms with E-state index >= 15 is 0 Å². The number of imide groups is 1. The molecule has 2 saturated heterocycles. The van der Waals surface area contributed by atoms with Gasteiger partial charge in [0.15, 0.2) is 0 Å². The number of likely N-dealkylation sites (tertiary alicyclic amines) is 1. The number of nitrogens with one attached hydrogen (secondary N) is 1. The molecule has 1 unspecified atom stereocenters. The third-order valence-electron chi connectivity index (χ3n) is 6.18. The van der Waals surface area contributed by atoms with Gasteiger partial charge in [0, 0.05) is 37.7 Å². The molecular weight excluding hydrogens is 370 g/mol. The van der Waals surface area contributed by atoms with Crippen molar-refractivity contribution in [2.45, 2.75) is 64.8 Å².